The van der Waals surface area contributed by atoms with E-state index >= 15 is 0 Å². The maximum absolute atomic E-state index is 11.6. The van der Waals surface area contributed by atoms with Gasteiger partial charge in [0, 0.05) is 6.54 Å². The van der Waals surface area contributed by atoms with Gasteiger partial charge in [0.15, 0.2) is 0 Å². The maximum atomic E-state index is 11.6. The lowest BCUT2D eigenvalue weighted by atomic mass is 9.95. The lowest BCUT2D eigenvalue weighted by molar-refractivity contribution is -0.128. The topological polar surface area (TPSA) is 32.3 Å². The highest BCUT2D eigenvalue weighted by Gasteiger charge is 2.30. The van der Waals surface area contributed by atoms with E-state index in [4.69, 9.17) is 0 Å². The Bertz CT molecular complexity index is 209. The Morgan fingerprint density at radius 2 is 2.00 bits per heavy atom. The minimum atomic E-state index is 0.177. The van der Waals surface area contributed by atoms with Gasteiger partial charge in [-0.05, 0) is 44.7 Å². The predicted molar refractivity (Wildman–Crippen MR) is 56.0 cm³/mol. The summed E-state index contributed by atoms with van der Waals surface area (Å²) in [5.41, 5.74) is 0. The normalized spacial score (nSPS) is 31.5. The van der Waals surface area contributed by atoms with E-state index in [1.807, 2.05) is 0 Å². The molecule has 1 atom stereocenters. The van der Waals surface area contributed by atoms with Gasteiger partial charge in [0.1, 0.15) is 0 Å². The van der Waals surface area contributed by atoms with Gasteiger partial charge in [-0.3, -0.25) is 9.69 Å². The van der Waals surface area contributed by atoms with Crippen molar-refractivity contribution in [3.63, 3.8) is 0 Å². The molecule has 1 amide bonds. The zero-order valence-electron chi connectivity index (χ0n) is 8.96. The minimum absolute atomic E-state index is 0.177. The van der Waals surface area contributed by atoms with Crippen molar-refractivity contribution in [2.24, 2.45) is 5.92 Å². The Morgan fingerprint density at radius 1 is 1.29 bits per heavy atom. The SMILES string of the molecule is CC1CCN([C@@H]2CCCNC2=O)CC1. The molecule has 2 aliphatic rings. The Morgan fingerprint density at radius 3 is 2.64 bits per heavy atom. The lowest BCUT2D eigenvalue weighted by Crippen LogP contribution is -2.52. The molecule has 3 nitrogen and oxygen atoms in total. The lowest BCUT2D eigenvalue weighted by Gasteiger charge is -2.37. The zero-order chi connectivity index (χ0) is 9.97. The molecule has 0 aromatic rings. The first-order valence-corrected chi connectivity index (χ1v) is 5.79. The van der Waals surface area contributed by atoms with E-state index in [9.17, 15) is 4.79 Å². The van der Waals surface area contributed by atoms with Crippen LogP contribution in [0.4, 0.5) is 0 Å². The first-order chi connectivity index (χ1) is 6.77. The van der Waals surface area contributed by atoms with Crippen molar-refractivity contribution in [2.45, 2.75) is 38.6 Å². The summed E-state index contributed by atoms with van der Waals surface area (Å²) in [6.45, 7) is 5.40. The summed E-state index contributed by atoms with van der Waals surface area (Å²) in [5, 5.41) is 2.96. The fourth-order valence-electron chi connectivity index (χ4n) is 2.44. The standard InChI is InChI=1S/C11H20N2O/c1-9-4-7-13(8-5-9)10-3-2-6-12-11(10)14/h9-10H,2-8H2,1H3,(H,12,14)/t10-/m1/s1. The van der Waals surface area contributed by atoms with Crippen molar-refractivity contribution in [1.82, 2.24) is 10.2 Å². The summed E-state index contributed by atoms with van der Waals surface area (Å²) in [6, 6.07) is 0.177. The number of hydrogen-bond donors (Lipinski definition) is 1. The summed E-state index contributed by atoms with van der Waals surface area (Å²) >= 11 is 0. The third-order valence-electron chi connectivity index (χ3n) is 3.52. The van der Waals surface area contributed by atoms with Crippen LogP contribution in [0.3, 0.4) is 0 Å². The van der Waals surface area contributed by atoms with E-state index in [2.05, 4.69) is 17.1 Å². The van der Waals surface area contributed by atoms with Gasteiger partial charge in [-0.15, -0.1) is 0 Å². The van der Waals surface area contributed by atoms with Crippen LogP contribution < -0.4 is 5.32 Å². The summed E-state index contributed by atoms with van der Waals surface area (Å²) in [7, 11) is 0. The fourth-order valence-corrected chi connectivity index (χ4v) is 2.44. The average molecular weight is 196 g/mol. The Balaban J connectivity index is 1.90. The minimum Gasteiger partial charge on any atom is -0.355 e. The van der Waals surface area contributed by atoms with Gasteiger partial charge in [-0.1, -0.05) is 6.92 Å². The quantitative estimate of drug-likeness (QED) is 0.678. The van der Waals surface area contributed by atoms with Crippen molar-refractivity contribution < 1.29 is 4.79 Å². The van der Waals surface area contributed by atoms with Crippen LogP contribution in [-0.2, 0) is 4.79 Å². The predicted octanol–water partition coefficient (Wildman–Crippen LogP) is 0.997. The summed E-state index contributed by atoms with van der Waals surface area (Å²) in [6.07, 6.45) is 4.70. The summed E-state index contributed by atoms with van der Waals surface area (Å²) < 4.78 is 0. The van der Waals surface area contributed by atoms with Gasteiger partial charge >= 0.3 is 0 Å². The molecular formula is C11H20N2O. The molecule has 2 rings (SSSR count). The van der Waals surface area contributed by atoms with Gasteiger partial charge in [-0.25, -0.2) is 0 Å². The molecule has 0 aliphatic carbocycles. The van der Waals surface area contributed by atoms with E-state index in [-0.39, 0.29) is 11.9 Å². The van der Waals surface area contributed by atoms with Gasteiger partial charge in [0.25, 0.3) is 0 Å². The molecule has 0 aromatic heterocycles. The molecule has 14 heavy (non-hydrogen) atoms. The van der Waals surface area contributed by atoms with E-state index in [1.165, 1.54) is 12.8 Å². The molecule has 0 bridgehead atoms. The molecule has 80 valence electrons. The third kappa shape index (κ3) is 2.08. The summed E-state index contributed by atoms with van der Waals surface area (Å²) in [4.78, 5) is 14.0. The Labute approximate surface area is 85.8 Å². The second-order valence-electron chi connectivity index (χ2n) is 4.67. The Hall–Kier alpha value is -0.570. The van der Waals surface area contributed by atoms with Crippen LogP contribution in [0.25, 0.3) is 0 Å². The van der Waals surface area contributed by atoms with Gasteiger partial charge in [0.2, 0.25) is 5.91 Å². The molecule has 0 aromatic carbocycles. The molecule has 2 heterocycles. The molecule has 1 N–H and O–H groups in total. The molecule has 2 saturated heterocycles. The van der Waals surface area contributed by atoms with Crippen LogP contribution >= 0.6 is 0 Å². The second kappa shape index (κ2) is 4.30. The number of hydrogen-bond acceptors (Lipinski definition) is 2. The third-order valence-corrected chi connectivity index (χ3v) is 3.52. The van der Waals surface area contributed by atoms with E-state index in [0.717, 1.165) is 38.4 Å². The molecule has 2 aliphatic heterocycles. The second-order valence-corrected chi connectivity index (χ2v) is 4.67. The first kappa shape index (κ1) is 9.97. The number of piperidine rings is 2. The van der Waals surface area contributed by atoms with Crippen LogP contribution in [0.1, 0.15) is 32.6 Å². The number of carbonyl (C=O) groups is 1. The number of nitrogens with one attached hydrogen (secondary N) is 1. The number of likely N-dealkylation sites (tertiary alicyclic amines) is 1. The van der Waals surface area contributed by atoms with Crippen LogP contribution in [0.2, 0.25) is 0 Å². The largest absolute Gasteiger partial charge is 0.355 e. The number of amides is 1. The number of nitrogens with zero attached hydrogens (tertiary/aromatic N) is 1. The number of rotatable bonds is 1. The van der Waals surface area contributed by atoms with Crippen LogP contribution in [-0.4, -0.2) is 36.5 Å². The molecule has 0 unspecified atom stereocenters. The molecule has 0 radical (unpaired) electrons. The summed E-state index contributed by atoms with van der Waals surface area (Å²) in [5.74, 6) is 1.10. The monoisotopic (exact) mass is 196 g/mol. The molecule has 2 fully saturated rings. The van der Waals surface area contributed by atoms with Crippen LogP contribution in [0, 0.1) is 5.92 Å². The first-order valence-electron chi connectivity index (χ1n) is 5.79. The van der Waals surface area contributed by atoms with Crippen molar-refractivity contribution in [2.75, 3.05) is 19.6 Å². The number of carbonyl (C=O) groups excluding carboxylic acids is 1. The highest BCUT2D eigenvalue weighted by atomic mass is 16.2. The maximum Gasteiger partial charge on any atom is 0.237 e. The van der Waals surface area contributed by atoms with Gasteiger partial charge in [0.05, 0.1) is 6.04 Å². The van der Waals surface area contributed by atoms with Gasteiger partial charge in [-0.2, -0.15) is 0 Å². The van der Waals surface area contributed by atoms with Crippen molar-refractivity contribution in [1.29, 1.82) is 0 Å². The van der Waals surface area contributed by atoms with E-state index < -0.39 is 0 Å². The molecule has 0 saturated carbocycles. The zero-order valence-corrected chi connectivity index (χ0v) is 8.96. The fraction of sp³-hybridized carbons (Fsp3) is 0.909. The van der Waals surface area contributed by atoms with Gasteiger partial charge < -0.3 is 5.32 Å². The van der Waals surface area contributed by atoms with Crippen molar-refractivity contribution in [3.05, 3.63) is 0 Å². The van der Waals surface area contributed by atoms with Crippen LogP contribution in [0.5, 0.6) is 0 Å². The highest BCUT2D eigenvalue weighted by molar-refractivity contribution is 5.82. The molecular weight excluding hydrogens is 176 g/mol. The molecule has 0 spiro atoms. The van der Waals surface area contributed by atoms with Crippen LogP contribution in [0.15, 0.2) is 0 Å². The van der Waals surface area contributed by atoms with E-state index in [1.54, 1.807) is 0 Å². The van der Waals surface area contributed by atoms with E-state index in [0.29, 0.717) is 0 Å². The van der Waals surface area contributed by atoms with Crippen molar-refractivity contribution in [3.8, 4) is 0 Å². The average Bonchev–Trinajstić information content (AvgIpc) is 2.20. The molecule has 3 heteroatoms. The Kier molecular flexibility index (Phi) is 3.06. The van der Waals surface area contributed by atoms with Crippen molar-refractivity contribution >= 4 is 5.91 Å². The smallest absolute Gasteiger partial charge is 0.237 e. The highest BCUT2D eigenvalue weighted by Crippen LogP contribution is 2.21.